The van der Waals surface area contributed by atoms with Crippen LogP contribution in [0.1, 0.15) is 58.8 Å². The molecule has 3 unspecified atom stereocenters. The lowest BCUT2D eigenvalue weighted by atomic mass is 9.91. The lowest BCUT2D eigenvalue weighted by Gasteiger charge is -2.26. The highest BCUT2D eigenvalue weighted by Gasteiger charge is 2.21. The fourth-order valence-corrected chi connectivity index (χ4v) is 4.10. The Morgan fingerprint density at radius 1 is 1.39 bits per heavy atom. The Morgan fingerprint density at radius 2 is 2.17 bits per heavy atom. The monoisotopic (exact) mass is 268 g/mol. The van der Waals surface area contributed by atoms with E-state index in [4.69, 9.17) is 5.26 Å². The molecule has 1 fully saturated rings. The zero-order chi connectivity index (χ0) is 13.4. The first-order valence-electron chi connectivity index (χ1n) is 7.31. The van der Waals surface area contributed by atoms with Gasteiger partial charge in [0, 0.05) is 5.25 Å². The smallest absolute Gasteiger partial charge is 0.103 e. The van der Waals surface area contributed by atoms with E-state index in [2.05, 4.69) is 30.1 Å². The summed E-state index contributed by atoms with van der Waals surface area (Å²) in [6.07, 6.45) is 9.04. The van der Waals surface area contributed by atoms with Crippen molar-refractivity contribution in [3.05, 3.63) is 0 Å². The van der Waals surface area contributed by atoms with Crippen molar-refractivity contribution in [3.63, 3.8) is 0 Å². The van der Waals surface area contributed by atoms with Gasteiger partial charge in [-0.1, -0.05) is 19.8 Å². The topological polar surface area (TPSA) is 35.8 Å². The summed E-state index contributed by atoms with van der Waals surface area (Å²) >= 11 is 2.16. The number of rotatable bonds is 7. The van der Waals surface area contributed by atoms with E-state index in [1.807, 2.05) is 14.0 Å². The van der Waals surface area contributed by atoms with Crippen LogP contribution >= 0.6 is 11.8 Å². The number of nitrogens with one attached hydrogen (secondary N) is 1. The number of nitriles is 1. The van der Waals surface area contributed by atoms with E-state index >= 15 is 0 Å². The molecule has 0 aromatic heterocycles. The predicted molar refractivity (Wildman–Crippen MR) is 80.8 cm³/mol. The third kappa shape index (κ3) is 5.63. The summed E-state index contributed by atoms with van der Waals surface area (Å²) < 4.78 is 0. The Hall–Kier alpha value is -0.200. The molecule has 1 aliphatic rings. The summed E-state index contributed by atoms with van der Waals surface area (Å²) in [5.74, 6) is 2.20. The number of unbranched alkanes of at least 4 members (excludes halogenated alkanes) is 1. The van der Waals surface area contributed by atoms with Gasteiger partial charge in [-0.2, -0.15) is 17.0 Å². The minimum Gasteiger partial charge on any atom is -0.303 e. The van der Waals surface area contributed by atoms with E-state index in [1.165, 1.54) is 37.9 Å². The summed E-state index contributed by atoms with van der Waals surface area (Å²) in [7, 11) is 1.88. The van der Waals surface area contributed by atoms with Crippen LogP contribution in [0.3, 0.4) is 0 Å². The molecule has 3 atom stereocenters. The average molecular weight is 268 g/mol. The summed E-state index contributed by atoms with van der Waals surface area (Å²) in [6, 6.07) is 2.36. The largest absolute Gasteiger partial charge is 0.303 e. The number of hydrogen-bond donors (Lipinski definition) is 1. The Kier molecular flexibility index (Phi) is 7.11. The maximum atomic E-state index is 9.06. The maximum absolute atomic E-state index is 9.06. The first kappa shape index (κ1) is 15.9. The lowest BCUT2D eigenvalue weighted by molar-refractivity contribution is 0.394. The van der Waals surface area contributed by atoms with Gasteiger partial charge in [-0.3, -0.25) is 0 Å². The van der Waals surface area contributed by atoms with E-state index < -0.39 is 0 Å². The number of thioether (sulfide) groups is 1. The zero-order valence-electron chi connectivity index (χ0n) is 12.2. The van der Waals surface area contributed by atoms with Gasteiger partial charge >= 0.3 is 0 Å². The van der Waals surface area contributed by atoms with Crippen LogP contribution < -0.4 is 5.32 Å². The molecule has 1 saturated carbocycles. The molecule has 1 aliphatic carbocycles. The Morgan fingerprint density at radius 3 is 2.78 bits per heavy atom. The van der Waals surface area contributed by atoms with Crippen molar-refractivity contribution in [2.45, 2.75) is 69.6 Å². The minimum atomic E-state index is -0.329. The van der Waals surface area contributed by atoms with E-state index in [0.717, 1.165) is 24.0 Å². The van der Waals surface area contributed by atoms with Crippen LogP contribution in [-0.4, -0.2) is 23.6 Å². The van der Waals surface area contributed by atoms with Crippen LogP contribution in [0.15, 0.2) is 0 Å². The van der Waals surface area contributed by atoms with Gasteiger partial charge in [0.25, 0.3) is 0 Å². The molecule has 2 nitrogen and oxygen atoms in total. The van der Waals surface area contributed by atoms with Crippen molar-refractivity contribution in [2.75, 3.05) is 12.8 Å². The second-order valence-electron chi connectivity index (χ2n) is 5.92. The van der Waals surface area contributed by atoms with Gasteiger partial charge in [0.15, 0.2) is 0 Å². The molecule has 3 heteroatoms. The maximum Gasteiger partial charge on any atom is 0.103 e. The van der Waals surface area contributed by atoms with Crippen molar-refractivity contribution in [1.82, 2.24) is 5.32 Å². The summed E-state index contributed by atoms with van der Waals surface area (Å²) in [6.45, 7) is 4.38. The second kappa shape index (κ2) is 8.07. The Bertz CT molecular complexity index is 274. The third-order valence-corrected chi connectivity index (χ3v) is 5.54. The van der Waals surface area contributed by atoms with Crippen molar-refractivity contribution in [2.24, 2.45) is 5.92 Å². The molecule has 0 aliphatic heterocycles. The van der Waals surface area contributed by atoms with Crippen LogP contribution in [0.25, 0.3) is 0 Å². The first-order chi connectivity index (χ1) is 8.59. The highest BCUT2D eigenvalue weighted by atomic mass is 32.2. The molecule has 0 spiro atoms. The molecular weight excluding hydrogens is 240 g/mol. The van der Waals surface area contributed by atoms with Gasteiger partial charge in [0.1, 0.15) is 5.54 Å². The quantitative estimate of drug-likeness (QED) is 0.710. The van der Waals surface area contributed by atoms with Gasteiger partial charge in [-0.25, -0.2) is 0 Å². The molecule has 0 radical (unpaired) electrons. The van der Waals surface area contributed by atoms with Crippen LogP contribution in [0, 0.1) is 17.2 Å². The molecule has 0 saturated heterocycles. The van der Waals surface area contributed by atoms with Crippen LogP contribution in [0.4, 0.5) is 0 Å². The number of nitrogens with zero attached hydrogens (tertiary/aromatic N) is 1. The number of hydrogen-bond acceptors (Lipinski definition) is 3. The van der Waals surface area contributed by atoms with Gasteiger partial charge in [0.05, 0.1) is 6.07 Å². The minimum absolute atomic E-state index is 0.329. The molecule has 104 valence electrons. The van der Waals surface area contributed by atoms with Gasteiger partial charge in [-0.15, -0.1) is 0 Å². The lowest BCUT2D eigenvalue weighted by Crippen LogP contribution is -2.37. The normalized spacial score (nSPS) is 27.4. The van der Waals surface area contributed by atoms with Crippen LogP contribution in [0.5, 0.6) is 0 Å². The van der Waals surface area contributed by atoms with E-state index in [0.29, 0.717) is 0 Å². The van der Waals surface area contributed by atoms with E-state index in [9.17, 15) is 0 Å². The Labute approximate surface area is 117 Å². The molecule has 0 bridgehead atoms. The fourth-order valence-electron chi connectivity index (χ4n) is 2.60. The van der Waals surface area contributed by atoms with Gasteiger partial charge in [-0.05, 0) is 57.7 Å². The van der Waals surface area contributed by atoms with Gasteiger partial charge < -0.3 is 5.32 Å². The highest BCUT2D eigenvalue weighted by molar-refractivity contribution is 7.99. The van der Waals surface area contributed by atoms with E-state index in [-0.39, 0.29) is 5.54 Å². The second-order valence-corrected chi connectivity index (χ2v) is 7.32. The first-order valence-corrected chi connectivity index (χ1v) is 8.36. The van der Waals surface area contributed by atoms with Gasteiger partial charge in [0.2, 0.25) is 0 Å². The van der Waals surface area contributed by atoms with Crippen molar-refractivity contribution in [3.8, 4) is 6.07 Å². The van der Waals surface area contributed by atoms with Crippen LogP contribution in [-0.2, 0) is 0 Å². The van der Waals surface area contributed by atoms with Crippen LogP contribution in [0.2, 0.25) is 0 Å². The molecule has 1 rings (SSSR count). The fraction of sp³-hybridized carbons (Fsp3) is 0.933. The Balaban J connectivity index is 2.07. The van der Waals surface area contributed by atoms with Crippen molar-refractivity contribution >= 4 is 11.8 Å². The SMILES string of the molecule is CNC(C)(C#N)CCCCSC1CCCC(C)C1. The molecule has 0 aromatic carbocycles. The highest BCUT2D eigenvalue weighted by Crippen LogP contribution is 2.32. The van der Waals surface area contributed by atoms with E-state index in [1.54, 1.807) is 0 Å². The molecule has 18 heavy (non-hydrogen) atoms. The van der Waals surface area contributed by atoms with Crippen molar-refractivity contribution in [1.29, 1.82) is 5.26 Å². The molecule has 1 N–H and O–H groups in total. The molecule has 0 aromatic rings. The molecule has 0 heterocycles. The summed E-state index contributed by atoms with van der Waals surface area (Å²) in [5, 5.41) is 13.1. The molecule has 0 amide bonds. The average Bonchev–Trinajstić information content (AvgIpc) is 2.38. The zero-order valence-corrected chi connectivity index (χ0v) is 13.0. The third-order valence-electron chi connectivity index (χ3n) is 4.11. The molecular formula is C15H28N2S. The van der Waals surface area contributed by atoms with Crippen molar-refractivity contribution < 1.29 is 0 Å². The summed E-state index contributed by atoms with van der Waals surface area (Å²) in [5.41, 5.74) is -0.329. The summed E-state index contributed by atoms with van der Waals surface area (Å²) in [4.78, 5) is 0. The standard InChI is InChI=1S/C15H28N2S/c1-13-7-6-8-14(11-13)18-10-5-4-9-15(2,12-16)17-3/h13-14,17H,4-11H2,1-3H3. The predicted octanol–water partition coefficient (Wildman–Crippen LogP) is 3.97.